The highest BCUT2D eigenvalue weighted by Crippen LogP contribution is 2.21. The van der Waals surface area contributed by atoms with Gasteiger partial charge in [-0.05, 0) is 25.0 Å². The van der Waals surface area contributed by atoms with Crippen LogP contribution in [0.2, 0.25) is 0 Å². The Labute approximate surface area is 145 Å². The monoisotopic (exact) mass is 339 g/mol. The Bertz CT molecular complexity index is 851. The first-order chi connectivity index (χ1) is 12.2. The van der Waals surface area contributed by atoms with Crippen molar-refractivity contribution >= 4 is 23.1 Å². The van der Waals surface area contributed by atoms with Gasteiger partial charge in [-0.2, -0.15) is 4.52 Å². The average molecular weight is 339 g/mol. The third-order valence-electron chi connectivity index (χ3n) is 4.43. The van der Waals surface area contributed by atoms with Gasteiger partial charge < -0.3 is 15.1 Å². The highest BCUT2D eigenvalue weighted by molar-refractivity contribution is 5.49. The van der Waals surface area contributed by atoms with Crippen molar-refractivity contribution in [3.8, 4) is 0 Å². The van der Waals surface area contributed by atoms with E-state index in [2.05, 4.69) is 35.5 Å². The summed E-state index contributed by atoms with van der Waals surface area (Å²) in [5.74, 6) is 2.74. The molecule has 4 rings (SSSR count). The molecule has 1 aliphatic heterocycles. The summed E-state index contributed by atoms with van der Waals surface area (Å²) in [6.45, 7) is 1.90. The normalized spacial score (nSPS) is 15.5. The molecule has 0 bridgehead atoms. The van der Waals surface area contributed by atoms with Gasteiger partial charge in [-0.25, -0.2) is 9.97 Å². The maximum absolute atomic E-state index is 4.57. The molecule has 3 aromatic heterocycles. The first-order valence-corrected chi connectivity index (χ1v) is 8.37. The molecule has 0 aliphatic carbocycles. The summed E-state index contributed by atoms with van der Waals surface area (Å²) in [4.78, 5) is 12.8. The lowest BCUT2D eigenvalue weighted by Crippen LogP contribution is -2.39. The zero-order valence-electron chi connectivity index (χ0n) is 14.4. The number of nitrogens with zero attached hydrogens (tertiary/aromatic N) is 8. The van der Waals surface area contributed by atoms with Crippen LogP contribution in [0.25, 0.3) is 5.65 Å². The minimum absolute atomic E-state index is 0.403. The molecule has 0 unspecified atom stereocenters. The van der Waals surface area contributed by atoms with E-state index in [1.165, 1.54) is 0 Å². The van der Waals surface area contributed by atoms with Crippen molar-refractivity contribution < 1.29 is 0 Å². The molecule has 1 saturated heterocycles. The third-order valence-corrected chi connectivity index (χ3v) is 4.43. The zero-order chi connectivity index (χ0) is 17.2. The van der Waals surface area contributed by atoms with E-state index in [4.69, 9.17) is 0 Å². The zero-order valence-corrected chi connectivity index (χ0v) is 14.4. The summed E-state index contributed by atoms with van der Waals surface area (Å²) in [6.07, 6.45) is 5.29. The largest absolute Gasteiger partial charge is 0.367 e. The van der Waals surface area contributed by atoms with Crippen molar-refractivity contribution in [2.75, 3.05) is 42.3 Å². The minimum atomic E-state index is 0.403. The molecule has 4 heterocycles. The van der Waals surface area contributed by atoms with E-state index in [0.717, 1.165) is 49.0 Å². The predicted molar refractivity (Wildman–Crippen MR) is 96.0 cm³/mol. The van der Waals surface area contributed by atoms with Gasteiger partial charge >= 0.3 is 0 Å². The molecule has 0 saturated carbocycles. The number of fused-ring (bicyclic) bond motifs is 1. The lowest BCUT2D eigenvalue weighted by Gasteiger charge is -2.33. The number of anilines is 3. The quantitative estimate of drug-likeness (QED) is 0.755. The second-order valence-corrected chi connectivity index (χ2v) is 6.39. The van der Waals surface area contributed by atoms with Gasteiger partial charge in [0, 0.05) is 39.3 Å². The topological polar surface area (TPSA) is 87.4 Å². The van der Waals surface area contributed by atoms with Gasteiger partial charge in [-0.1, -0.05) is 0 Å². The van der Waals surface area contributed by atoms with Gasteiger partial charge in [0.1, 0.15) is 30.1 Å². The molecule has 1 fully saturated rings. The molecule has 0 spiro atoms. The molecule has 0 radical (unpaired) electrons. The Morgan fingerprint density at radius 2 is 2.00 bits per heavy atom. The second kappa shape index (κ2) is 6.50. The first kappa shape index (κ1) is 15.6. The second-order valence-electron chi connectivity index (χ2n) is 6.39. The average Bonchev–Trinajstić information content (AvgIpc) is 3.10. The maximum Gasteiger partial charge on any atom is 0.177 e. The fourth-order valence-electron chi connectivity index (χ4n) is 3.02. The Balaban J connectivity index is 1.38. The summed E-state index contributed by atoms with van der Waals surface area (Å²) in [7, 11) is 3.95. The molecule has 1 aliphatic rings. The van der Waals surface area contributed by atoms with Crippen LogP contribution >= 0.6 is 0 Å². The van der Waals surface area contributed by atoms with Gasteiger partial charge in [-0.15, -0.1) is 15.3 Å². The number of piperidine rings is 1. The van der Waals surface area contributed by atoms with Gasteiger partial charge in [0.05, 0.1) is 0 Å². The van der Waals surface area contributed by atoms with Crippen LogP contribution in [0, 0.1) is 0 Å². The molecule has 1 N–H and O–H groups in total. The molecule has 25 heavy (non-hydrogen) atoms. The Morgan fingerprint density at radius 3 is 2.80 bits per heavy atom. The molecule has 3 aromatic rings. The van der Waals surface area contributed by atoms with E-state index in [0.29, 0.717) is 6.04 Å². The summed E-state index contributed by atoms with van der Waals surface area (Å²) < 4.78 is 1.71. The highest BCUT2D eigenvalue weighted by atomic mass is 15.4. The number of hydrogen-bond acceptors (Lipinski definition) is 8. The summed E-state index contributed by atoms with van der Waals surface area (Å²) in [6, 6.07) is 6.34. The lowest BCUT2D eigenvalue weighted by atomic mass is 10.1. The van der Waals surface area contributed by atoms with Crippen molar-refractivity contribution in [1.82, 2.24) is 29.8 Å². The summed E-state index contributed by atoms with van der Waals surface area (Å²) in [5, 5.41) is 16.0. The number of hydrogen-bond donors (Lipinski definition) is 1. The number of nitrogens with one attached hydrogen (secondary N) is 1. The van der Waals surface area contributed by atoms with Crippen LogP contribution in [0.4, 0.5) is 17.5 Å². The fourth-order valence-corrected chi connectivity index (χ4v) is 3.02. The maximum atomic E-state index is 4.57. The van der Waals surface area contributed by atoms with Crippen LogP contribution in [-0.4, -0.2) is 63.0 Å². The van der Waals surface area contributed by atoms with Gasteiger partial charge in [0.15, 0.2) is 5.65 Å². The van der Waals surface area contributed by atoms with E-state index in [1.807, 2.05) is 37.2 Å². The van der Waals surface area contributed by atoms with E-state index in [1.54, 1.807) is 17.2 Å². The van der Waals surface area contributed by atoms with Crippen LogP contribution in [-0.2, 0) is 0 Å². The van der Waals surface area contributed by atoms with E-state index in [9.17, 15) is 0 Å². The Hall–Kier alpha value is -2.97. The molecule has 9 heteroatoms. The highest BCUT2D eigenvalue weighted by Gasteiger charge is 2.21. The van der Waals surface area contributed by atoms with E-state index >= 15 is 0 Å². The minimum Gasteiger partial charge on any atom is -0.367 e. The van der Waals surface area contributed by atoms with Crippen molar-refractivity contribution in [2.24, 2.45) is 0 Å². The molecule has 130 valence electrons. The SMILES string of the molecule is CN(C)c1cc(NC2CCN(c3ccc4nncn4n3)CC2)ncn1. The van der Waals surface area contributed by atoms with Crippen molar-refractivity contribution in [3.05, 3.63) is 30.9 Å². The van der Waals surface area contributed by atoms with Gasteiger partial charge in [0.2, 0.25) is 0 Å². The lowest BCUT2D eigenvalue weighted by molar-refractivity contribution is 0.520. The predicted octanol–water partition coefficient (Wildman–Crippen LogP) is 1.06. The van der Waals surface area contributed by atoms with Gasteiger partial charge in [-0.3, -0.25) is 0 Å². The van der Waals surface area contributed by atoms with Crippen LogP contribution in [0.3, 0.4) is 0 Å². The number of aromatic nitrogens is 6. The third kappa shape index (κ3) is 3.30. The van der Waals surface area contributed by atoms with Crippen LogP contribution in [0.1, 0.15) is 12.8 Å². The van der Waals surface area contributed by atoms with Crippen LogP contribution in [0.5, 0.6) is 0 Å². The molecule has 9 nitrogen and oxygen atoms in total. The molecule has 0 aromatic carbocycles. The summed E-state index contributed by atoms with van der Waals surface area (Å²) >= 11 is 0. The van der Waals surface area contributed by atoms with E-state index < -0.39 is 0 Å². The fraction of sp³-hybridized carbons (Fsp3) is 0.438. The van der Waals surface area contributed by atoms with Gasteiger partial charge in [0.25, 0.3) is 0 Å². The van der Waals surface area contributed by atoms with E-state index in [-0.39, 0.29) is 0 Å². The van der Waals surface area contributed by atoms with Crippen LogP contribution in [0.15, 0.2) is 30.9 Å². The van der Waals surface area contributed by atoms with Crippen molar-refractivity contribution in [3.63, 3.8) is 0 Å². The summed E-state index contributed by atoms with van der Waals surface area (Å²) in [5.41, 5.74) is 0.765. The van der Waals surface area contributed by atoms with Crippen molar-refractivity contribution in [2.45, 2.75) is 18.9 Å². The van der Waals surface area contributed by atoms with Crippen LogP contribution < -0.4 is 15.1 Å². The Morgan fingerprint density at radius 1 is 1.16 bits per heavy atom. The molecular formula is C16H21N9. The molecular weight excluding hydrogens is 318 g/mol. The smallest absolute Gasteiger partial charge is 0.177 e. The molecule has 0 atom stereocenters. The first-order valence-electron chi connectivity index (χ1n) is 8.37. The Kier molecular flexibility index (Phi) is 4.04. The number of rotatable bonds is 4. The van der Waals surface area contributed by atoms with Crippen molar-refractivity contribution in [1.29, 1.82) is 0 Å². The standard InChI is InChI=1S/C16H21N9/c1-23(2)16-9-13(17-10-18-16)20-12-5-7-24(8-6-12)15-4-3-14-21-19-11-25(14)22-15/h3-4,9-12H,5-8H2,1-2H3,(H,17,18,20). The molecule has 0 amide bonds.